The number of carboxylic acid groups (broad SMARTS) is 1. The van der Waals surface area contributed by atoms with Gasteiger partial charge in [-0.25, -0.2) is 14.0 Å². The first-order valence-corrected chi connectivity index (χ1v) is 6.96. The molecule has 1 rings (SSSR count). The minimum Gasteiger partial charge on any atom is -0.480 e. The van der Waals surface area contributed by atoms with Gasteiger partial charge in [0.1, 0.15) is 11.9 Å². The number of hydrogen-bond donors (Lipinski definition) is 3. The van der Waals surface area contributed by atoms with Gasteiger partial charge in [-0.15, -0.1) is 0 Å². The summed E-state index contributed by atoms with van der Waals surface area (Å²) in [7, 11) is 0. The van der Waals surface area contributed by atoms with Gasteiger partial charge in [-0.1, -0.05) is 38.5 Å². The van der Waals surface area contributed by atoms with Gasteiger partial charge in [0, 0.05) is 6.54 Å². The van der Waals surface area contributed by atoms with E-state index in [9.17, 15) is 14.0 Å². The first kappa shape index (κ1) is 16.9. The SMILES string of the molecule is CC[C@@H](C)[C@H](NC(=O)NCCc1ccccc1F)C(=O)O. The lowest BCUT2D eigenvalue weighted by Gasteiger charge is -2.20. The normalized spacial score (nSPS) is 13.3. The van der Waals surface area contributed by atoms with Crippen LogP contribution < -0.4 is 10.6 Å². The van der Waals surface area contributed by atoms with Crippen LogP contribution in [-0.2, 0) is 11.2 Å². The van der Waals surface area contributed by atoms with Crippen LogP contribution in [-0.4, -0.2) is 29.7 Å². The van der Waals surface area contributed by atoms with E-state index in [0.717, 1.165) is 0 Å². The number of aliphatic carboxylic acids is 1. The Morgan fingerprint density at radius 3 is 2.57 bits per heavy atom. The zero-order chi connectivity index (χ0) is 15.8. The second kappa shape index (κ2) is 8.24. The van der Waals surface area contributed by atoms with Gasteiger partial charge in [0.25, 0.3) is 0 Å². The van der Waals surface area contributed by atoms with Gasteiger partial charge in [-0.3, -0.25) is 0 Å². The molecular formula is C15H21FN2O3. The van der Waals surface area contributed by atoms with Crippen molar-refractivity contribution in [3.05, 3.63) is 35.6 Å². The Morgan fingerprint density at radius 2 is 2.00 bits per heavy atom. The molecule has 2 amide bonds. The molecule has 6 heteroatoms. The average Bonchev–Trinajstić information content (AvgIpc) is 2.45. The molecule has 21 heavy (non-hydrogen) atoms. The lowest BCUT2D eigenvalue weighted by Crippen LogP contribution is -2.49. The molecule has 0 radical (unpaired) electrons. The Hall–Kier alpha value is -2.11. The number of benzene rings is 1. The molecule has 2 atom stereocenters. The fraction of sp³-hybridized carbons (Fsp3) is 0.467. The fourth-order valence-corrected chi connectivity index (χ4v) is 1.89. The molecule has 1 aromatic rings. The summed E-state index contributed by atoms with van der Waals surface area (Å²) in [5, 5.41) is 14.0. The van der Waals surface area contributed by atoms with Crippen LogP contribution in [0.5, 0.6) is 0 Å². The van der Waals surface area contributed by atoms with E-state index < -0.39 is 18.0 Å². The van der Waals surface area contributed by atoms with Crippen molar-refractivity contribution in [2.75, 3.05) is 6.54 Å². The Kier molecular flexibility index (Phi) is 6.65. The maximum Gasteiger partial charge on any atom is 0.326 e. The van der Waals surface area contributed by atoms with Crippen molar-refractivity contribution in [2.45, 2.75) is 32.7 Å². The number of urea groups is 1. The second-order valence-corrected chi connectivity index (χ2v) is 4.94. The number of carbonyl (C=O) groups is 2. The molecule has 116 valence electrons. The number of carboxylic acids is 1. The number of rotatable bonds is 7. The van der Waals surface area contributed by atoms with E-state index >= 15 is 0 Å². The summed E-state index contributed by atoms with van der Waals surface area (Å²) in [5.74, 6) is -1.55. The van der Waals surface area contributed by atoms with Crippen molar-refractivity contribution in [2.24, 2.45) is 5.92 Å². The molecule has 1 aromatic carbocycles. The standard InChI is InChI=1S/C15H21FN2O3/c1-3-10(2)13(14(19)20)18-15(21)17-9-8-11-6-4-5-7-12(11)16/h4-7,10,13H,3,8-9H2,1-2H3,(H,19,20)(H2,17,18,21)/t10-,13+/m1/s1. The van der Waals surface area contributed by atoms with E-state index in [0.29, 0.717) is 18.4 Å². The van der Waals surface area contributed by atoms with Gasteiger partial charge in [-0.05, 0) is 24.0 Å². The third-order valence-electron chi connectivity index (χ3n) is 3.40. The van der Waals surface area contributed by atoms with Crippen LogP contribution in [0.15, 0.2) is 24.3 Å². The van der Waals surface area contributed by atoms with Gasteiger partial charge in [0.05, 0.1) is 0 Å². The molecule has 0 bridgehead atoms. The highest BCUT2D eigenvalue weighted by Crippen LogP contribution is 2.08. The molecule has 0 heterocycles. The zero-order valence-corrected chi connectivity index (χ0v) is 12.2. The highest BCUT2D eigenvalue weighted by atomic mass is 19.1. The molecular weight excluding hydrogens is 275 g/mol. The van der Waals surface area contributed by atoms with Crippen LogP contribution in [0.2, 0.25) is 0 Å². The molecule has 0 spiro atoms. The second-order valence-electron chi connectivity index (χ2n) is 4.94. The molecule has 0 fully saturated rings. The van der Waals surface area contributed by atoms with E-state index in [2.05, 4.69) is 10.6 Å². The van der Waals surface area contributed by atoms with E-state index in [1.165, 1.54) is 6.07 Å². The van der Waals surface area contributed by atoms with E-state index in [1.54, 1.807) is 25.1 Å². The Labute approximate surface area is 123 Å². The van der Waals surface area contributed by atoms with Gasteiger partial charge < -0.3 is 15.7 Å². The summed E-state index contributed by atoms with van der Waals surface area (Å²) in [6.45, 7) is 3.86. The number of carbonyl (C=O) groups excluding carboxylic acids is 1. The Morgan fingerprint density at radius 1 is 1.33 bits per heavy atom. The van der Waals surface area contributed by atoms with Crippen molar-refractivity contribution in [1.82, 2.24) is 10.6 Å². The van der Waals surface area contributed by atoms with Gasteiger partial charge >= 0.3 is 12.0 Å². The fourth-order valence-electron chi connectivity index (χ4n) is 1.89. The van der Waals surface area contributed by atoms with E-state index in [-0.39, 0.29) is 18.3 Å². The minimum absolute atomic E-state index is 0.167. The molecule has 0 aliphatic rings. The van der Waals surface area contributed by atoms with Gasteiger partial charge in [0.2, 0.25) is 0 Å². The predicted molar refractivity (Wildman–Crippen MR) is 77.5 cm³/mol. The van der Waals surface area contributed by atoms with Crippen molar-refractivity contribution in [3.63, 3.8) is 0 Å². The molecule has 0 saturated heterocycles. The summed E-state index contributed by atoms with van der Waals surface area (Å²) < 4.78 is 13.4. The third-order valence-corrected chi connectivity index (χ3v) is 3.40. The van der Waals surface area contributed by atoms with E-state index in [1.807, 2.05) is 6.92 Å². The maximum absolute atomic E-state index is 13.4. The summed E-state index contributed by atoms with van der Waals surface area (Å²) in [4.78, 5) is 22.8. The highest BCUT2D eigenvalue weighted by Gasteiger charge is 2.24. The topological polar surface area (TPSA) is 78.4 Å². The van der Waals surface area contributed by atoms with Gasteiger partial charge in [0.15, 0.2) is 0 Å². The number of nitrogens with one attached hydrogen (secondary N) is 2. The molecule has 0 unspecified atom stereocenters. The average molecular weight is 296 g/mol. The van der Waals surface area contributed by atoms with Crippen molar-refractivity contribution < 1.29 is 19.1 Å². The van der Waals surface area contributed by atoms with Crippen molar-refractivity contribution in [1.29, 1.82) is 0 Å². The molecule has 0 aliphatic heterocycles. The largest absolute Gasteiger partial charge is 0.480 e. The summed E-state index contributed by atoms with van der Waals surface area (Å²) in [5.41, 5.74) is 0.509. The molecule has 0 saturated carbocycles. The molecule has 0 aliphatic carbocycles. The summed E-state index contributed by atoms with van der Waals surface area (Å²) in [6.07, 6.45) is 0.994. The van der Waals surface area contributed by atoms with Crippen LogP contribution in [0.25, 0.3) is 0 Å². The number of hydrogen-bond acceptors (Lipinski definition) is 2. The Balaban J connectivity index is 2.43. The first-order chi connectivity index (χ1) is 9.95. The summed E-state index contributed by atoms with van der Waals surface area (Å²) >= 11 is 0. The molecule has 0 aromatic heterocycles. The predicted octanol–water partition coefficient (Wildman–Crippen LogP) is 2.17. The third kappa shape index (κ3) is 5.41. The molecule has 3 N–H and O–H groups in total. The van der Waals surface area contributed by atoms with Crippen molar-refractivity contribution in [3.8, 4) is 0 Å². The maximum atomic E-state index is 13.4. The van der Waals surface area contributed by atoms with Gasteiger partial charge in [-0.2, -0.15) is 0 Å². The lowest BCUT2D eigenvalue weighted by atomic mass is 9.99. The van der Waals surface area contributed by atoms with Crippen LogP contribution in [0, 0.1) is 11.7 Å². The van der Waals surface area contributed by atoms with Crippen LogP contribution in [0.1, 0.15) is 25.8 Å². The van der Waals surface area contributed by atoms with Crippen LogP contribution in [0.3, 0.4) is 0 Å². The zero-order valence-electron chi connectivity index (χ0n) is 12.2. The van der Waals surface area contributed by atoms with E-state index in [4.69, 9.17) is 5.11 Å². The smallest absolute Gasteiger partial charge is 0.326 e. The lowest BCUT2D eigenvalue weighted by molar-refractivity contribution is -0.140. The van der Waals surface area contributed by atoms with Crippen LogP contribution >= 0.6 is 0 Å². The molecule has 5 nitrogen and oxygen atoms in total. The summed E-state index contributed by atoms with van der Waals surface area (Å²) in [6, 6.07) is 4.85. The minimum atomic E-state index is -1.06. The Bertz CT molecular complexity index is 494. The monoisotopic (exact) mass is 296 g/mol. The quantitative estimate of drug-likeness (QED) is 0.721. The van der Waals surface area contributed by atoms with Crippen molar-refractivity contribution >= 4 is 12.0 Å². The van der Waals surface area contributed by atoms with Crippen LogP contribution in [0.4, 0.5) is 9.18 Å². The first-order valence-electron chi connectivity index (χ1n) is 6.96. The number of halogens is 1. The highest BCUT2D eigenvalue weighted by molar-refractivity contribution is 5.82. The number of amides is 2.